The molecular weight excluding hydrogens is 348 g/mol. The third-order valence-electron chi connectivity index (χ3n) is 5.48. The van der Waals surface area contributed by atoms with Crippen molar-refractivity contribution in [1.29, 1.82) is 0 Å². The molecule has 0 unspecified atom stereocenters. The van der Waals surface area contributed by atoms with Gasteiger partial charge < -0.3 is 24.4 Å². The van der Waals surface area contributed by atoms with Crippen LogP contribution >= 0.6 is 0 Å². The number of aliphatic carboxylic acids is 1. The van der Waals surface area contributed by atoms with Gasteiger partial charge in [0, 0.05) is 45.0 Å². The van der Waals surface area contributed by atoms with Crippen LogP contribution in [0.25, 0.3) is 0 Å². The van der Waals surface area contributed by atoms with Crippen LogP contribution < -0.4 is 9.80 Å². The summed E-state index contributed by atoms with van der Waals surface area (Å²) in [4.78, 5) is 25.5. The SMILES string of the molecule is COC[C@H]1CCCN(c2ncc(C(C)(C)C(=O)O)c(N3CCOCC3)n2)C1. The maximum atomic E-state index is 11.8. The number of carboxylic acid groups (broad SMARTS) is 1. The second-order valence-corrected chi connectivity index (χ2v) is 7.85. The molecule has 0 amide bonds. The molecule has 8 nitrogen and oxygen atoms in total. The number of hydrogen-bond donors (Lipinski definition) is 1. The van der Waals surface area contributed by atoms with Gasteiger partial charge >= 0.3 is 5.97 Å². The van der Waals surface area contributed by atoms with E-state index in [2.05, 4.69) is 14.8 Å². The number of nitrogens with zero attached hydrogens (tertiary/aromatic N) is 4. The van der Waals surface area contributed by atoms with E-state index in [1.54, 1.807) is 27.2 Å². The van der Waals surface area contributed by atoms with Crippen LogP contribution in [-0.2, 0) is 19.7 Å². The second kappa shape index (κ2) is 8.39. The van der Waals surface area contributed by atoms with E-state index in [9.17, 15) is 9.90 Å². The molecule has 3 heterocycles. The number of methoxy groups -OCH3 is 1. The number of piperidine rings is 1. The summed E-state index contributed by atoms with van der Waals surface area (Å²) in [6, 6.07) is 0. The first-order valence-corrected chi connectivity index (χ1v) is 9.61. The zero-order valence-electron chi connectivity index (χ0n) is 16.5. The van der Waals surface area contributed by atoms with E-state index in [1.807, 2.05) is 0 Å². The number of aromatic nitrogens is 2. The van der Waals surface area contributed by atoms with Gasteiger partial charge in [0.15, 0.2) is 0 Å². The standard InChI is InChI=1S/C19H30N4O4/c1-19(2,17(24)25)15-11-20-18(21-16(15)22-7-9-27-10-8-22)23-6-4-5-14(12-23)13-26-3/h11,14H,4-10,12-13H2,1-3H3,(H,24,25)/t14-/m0/s1. The van der Waals surface area contributed by atoms with Gasteiger partial charge in [0.1, 0.15) is 5.82 Å². The van der Waals surface area contributed by atoms with Crippen LogP contribution in [0.2, 0.25) is 0 Å². The molecule has 0 spiro atoms. The van der Waals surface area contributed by atoms with Gasteiger partial charge in [0.2, 0.25) is 5.95 Å². The first kappa shape index (κ1) is 19.8. The highest BCUT2D eigenvalue weighted by atomic mass is 16.5. The van der Waals surface area contributed by atoms with E-state index in [0.29, 0.717) is 49.6 Å². The lowest BCUT2D eigenvalue weighted by molar-refractivity contribution is -0.142. The molecule has 1 aromatic heterocycles. The summed E-state index contributed by atoms with van der Waals surface area (Å²) in [5, 5.41) is 9.71. The maximum absolute atomic E-state index is 11.8. The number of carboxylic acids is 1. The third kappa shape index (κ3) is 4.32. The molecule has 0 radical (unpaired) electrons. The zero-order chi connectivity index (χ0) is 19.4. The van der Waals surface area contributed by atoms with Crippen molar-refractivity contribution >= 4 is 17.7 Å². The predicted molar refractivity (Wildman–Crippen MR) is 103 cm³/mol. The third-order valence-corrected chi connectivity index (χ3v) is 5.48. The molecule has 2 fully saturated rings. The largest absolute Gasteiger partial charge is 0.481 e. The van der Waals surface area contributed by atoms with Crippen molar-refractivity contribution in [1.82, 2.24) is 9.97 Å². The smallest absolute Gasteiger partial charge is 0.313 e. The van der Waals surface area contributed by atoms with E-state index in [-0.39, 0.29) is 0 Å². The van der Waals surface area contributed by atoms with E-state index in [1.165, 1.54) is 0 Å². The quantitative estimate of drug-likeness (QED) is 0.798. The van der Waals surface area contributed by atoms with Crippen LogP contribution in [0, 0.1) is 5.92 Å². The fourth-order valence-electron chi connectivity index (χ4n) is 3.71. The summed E-state index contributed by atoms with van der Waals surface area (Å²) in [5.41, 5.74) is -0.418. The number of hydrogen-bond acceptors (Lipinski definition) is 7. The minimum atomic E-state index is -1.06. The minimum Gasteiger partial charge on any atom is -0.481 e. The summed E-state index contributed by atoms with van der Waals surface area (Å²) in [6.45, 7) is 8.54. The van der Waals surface area contributed by atoms with Crippen molar-refractivity contribution in [3.63, 3.8) is 0 Å². The minimum absolute atomic E-state index is 0.467. The topological polar surface area (TPSA) is 88.0 Å². The Morgan fingerprint density at radius 2 is 2.07 bits per heavy atom. The predicted octanol–water partition coefficient (Wildman–Crippen LogP) is 1.54. The molecule has 1 N–H and O–H groups in total. The molecule has 150 valence electrons. The summed E-state index contributed by atoms with van der Waals surface area (Å²) in [6.07, 6.45) is 3.92. The number of rotatable bonds is 6. The van der Waals surface area contributed by atoms with Crippen molar-refractivity contribution in [2.75, 3.05) is 62.9 Å². The maximum Gasteiger partial charge on any atom is 0.313 e. The highest BCUT2D eigenvalue weighted by Gasteiger charge is 2.35. The van der Waals surface area contributed by atoms with Crippen LogP contribution in [0.15, 0.2) is 6.20 Å². The van der Waals surface area contributed by atoms with Gasteiger partial charge in [-0.2, -0.15) is 4.98 Å². The highest BCUT2D eigenvalue weighted by molar-refractivity contribution is 5.82. The molecule has 1 aromatic rings. The Hall–Kier alpha value is -1.93. The van der Waals surface area contributed by atoms with Gasteiger partial charge in [-0.25, -0.2) is 4.98 Å². The molecule has 2 aliphatic rings. The van der Waals surface area contributed by atoms with E-state index < -0.39 is 11.4 Å². The molecule has 0 aliphatic carbocycles. The van der Waals surface area contributed by atoms with Gasteiger partial charge in [-0.05, 0) is 32.6 Å². The average Bonchev–Trinajstić information content (AvgIpc) is 2.68. The van der Waals surface area contributed by atoms with Crippen molar-refractivity contribution in [2.45, 2.75) is 32.1 Å². The van der Waals surface area contributed by atoms with Crippen LogP contribution in [0.1, 0.15) is 32.3 Å². The average molecular weight is 378 g/mol. The van der Waals surface area contributed by atoms with E-state index in [0.717, 1.165) is 32.5 Å². The van der Waals surface area contributed by atoms with Crippen LogP contribution in [0.5, 0.6) is 0 Å². The molecule has 0 bridgehead atoms. The summed E-state index contributed by atoms with van der Waals surface area (Å²) in [7, 11) is 1.73. The molecule has 2 saturated heterocycles. The lowest BCUT2D eigenvalue weighted by Crippen LogP contribution is -2.41. The normalized spacial score (nSPS) is 21.4. The van der Waals surface area contributed by atoms with Crippen molar-refractivity contribution in [3.8, 4) is 0 Å². The molecule has 8 heteroatoms. The van der Waals surface area contributed by atoms with E-state index in [4.69, 9.17) is 14.5 Å². The van der Waals surface area contributed by atoms with Crippen LogP contribution in [0.4, 0.5) is 11.8 Å². The Kier molecular flexibility index (Phi) is 6.16. The van der Waals surface area contributed by atoms with Gasteiger partial charge in [-0.15, -0.1) is 0 Å². The fraction of sp³-hybridized carbons (Fsp3) is 0.737. The van der Waals surface area contributed by atoms with Crippen LogP contribution in [0.3, 0.4) is 0 Å². The Morgan fingerprint density at radius 3 is 2.74 bits per heavy atom. The zero-order valence-corrected chi connectivity index (χ0v) is 16.5. The van der Waals surface area contributed by atoms with Gasteiger partial charge in [0.05, 0.1) is 25.2 Å². The summed E-state index contributed by atoms with van der Waals surface area (Å²) < 4.78 is 10.8. The van der Waals surface area contributed by atoms with Crippen molar-refractivity contribution in [3.05, 3.63) is 11.8 Å². The summed E-state index contributed by atoms with van der Waals surface area (Å²) in [5.74, 6) is 0.965. The Balaban J connectivity index is 1.94. The molecule has 1 atom stereocenters. The molecule has 3 rings (SSSR count). The highest BCUT2D eigenvalue weighted by Crippen LogP contribution is 2.33. The van der Waals surface area contributed by atoms with Gasteiger partial charge in [0.25, 0.3) is 0 Å². The Morgan fingerprint density at radius 1 is 1.33 bits per heavy atom. The fourth-order valence-corrected chi connectivity index (χ4v) is 3.71. The second-order valence-electron chi connectivity index (χ2n) is 7.85. The van der Waals surface area contributed by atoms with Crippen molar-refractivity contribution in [2.24, 2.45) is 5.92 Å². The lowest BCUT2D eigenvalue weighted by atomic mass is 9.85. The monoisotopic (exact) mass is 378 g/mol. The van der Waals surface area contributed by atoms with Crippen LogP contribution in [-0.4, -0.2) is 74.2 Å². The molecule has 0 aromatic carbocycles. The lowest BCUT2D eigenvalue weighted by Gasteiger charge is -2.35. The van der Waals surface area contributed by atoms with Gasteiger partial charge in [-0.1, -0.05) is 0 Å². The summed E-state index contributed by atoms with van der Waals surface area (Å²) >= 11 is 0. The molecular formula is C19H30N4O4. The molecule has 2 aliphatic heterocycles. The number of anilines is 2. The molecule has 27 heavy (non-hydrogen) atoms. The number of ether oxygens (including phenoxy) is 2. The Labute approximate surface area is 160 Å². The van der Waals surface area contributed by atoms with Crippen molar-refractivity contribution < 1.29 is 19.4 Å². The van der Waals surface area contributed by atoms with Gasteiger partial charge in [-0.3, -0.25) is 4.79 Å². The molecule has 0 saturated carbocycles. The number of morpholine rings is 1. The first-order chi connectivity index (χ1) is 12.9. The number of carbonyl (C=O) groups is 1. The Bertz CT molecular complexity index is 659. The van der Waals surface area contributed by atoms with E-state index >= 15 is 0 Å². The first-order valence-electron chi connectivity index (χ1n) is 9.61.